The molecule has 0 fully saturated rings. The Morgan fingerprint density at radius 1 is 1.43 bits per heavy atom. The number of carbonyl (C=O) groups excluding carboxylic acids is 1. The van der Waals surface area contributed by atoms with E-state index in [1.165, 1.54) is 0 Å². The Balaban J connectivity index is 2.31. The van der Waals surface area contributed by atoms with Crippen LogP contribution in [0.3, 0.4) is 0 Å². The van der Waals surface area contributed by atoms with Crippen molar-refractivity contribution in [3.63, 3.8) is 0 Å². The second-order valence-electron chi connectivity index (χ2n) is 5.99. The van der Waals surface area contributed by atoms with Crippen LogP contribution in [0.1, 0.15) is 32.8 Å². The average molecular weight is 301 g/mol. The highest BCUT2D eigenvalue weighted by Crippen LogP contribution is 2.35. The summed E-state index contributed by atoms with van der Waals surface area (Å²) in [5.74, 6) is 2.75. The number of benzene rings is 1. The summed E-state index contributed by atoms with van der Waals surface area (Å²) in [6.45, 7) is 5.54. The third-order valence-electron chi connectivity index (χ3n) is 2.96. The van der Waals surface area contributed by atoms with Crippen LogP contribution >= 0.6 is 11.8 Å². The first-order valence-corrected chi connectivity index (χ1v) is 7.80. The Labute approximate surface area is 130 Å². The lowest BCUT2D eigenvalue weighted by atomic mass is 9.98. The van der Waals surface area contributed by atoms with Gasteiger partial charge in [0, 0.05) is 17.7 Å². The van der Waals surface area contributed by atoms with Crippen molar-refractivity contribution >= 4 is 22.8 Å². The normalized spacial score (nSPS) is 21.5. The molecule has 21 heavy (non-hydrogen) atoms. The molecular weight excluding hydrogens is 282 g/mol. The highest BCUT2D eigenvalue weighted by Gasteiger charge is 2.45. The van der Waals surface area contributed by atoms with Crippen LogP contribution in [0.25, 0.3) is 0 Å². The maximum absolute atomic E-state index is 12.5. The number of rotatable bonds is 3. The van der Waals surface area contributed by atoms with Gasteiger partial charge in [-0.15, -0.1) is 24.1 Å². The molecule has 0 spiro atoms. The molecule has 1 aromatic carbocycles. The van der Waals surface area contributed by atoms with Crippen molar-refractivity contribution in [2.45, 2.75) is 38.3 Å². The minimum absolute atomic E-state index is 0.255. The zero-order chi connectivity index (χ0) is 15.5. The smallest absolute Gasteiger partial charge is 0.336 e. The second kappa shape index (κ2) is 5.95. The molecule has 1 aliphatic heterocycles. The van der Waals surface area contributed by atoms with Gasteiger partial charge in [0.2, 0.25) is 0 Å². The summed E-state index contributed by atoms with van der Waals surface area (Å²) in [4.78, 5) is 17.1. The topological polar surface area (TPSA) is 38.7 Å². The van der Waals surface area contributed by atoms with Crippen LogP contribution in [-0.4, -0.2) is 27.9 Å². The van der Waals surface area contributed by atoms with Crippen LogP contribution in [0.2, 0.25) is 0 Å². The van der Waals surface area contributed by atoms with E-state index in [4.69, 9.17) is 11.2 Å². The summed E-state index contributed by atoms with van der Waals surface area (Å²) in [5.41, 5.74) is -0.503. The fourth-order valence-corrected chi connectivity index (χ4v) is 3.19. The van der Waals surface area contributed by atoms with Gasteiger partial charge in [0.25, 0.3) is 0 Å². The molecule has 1 aliphatic rings. The van der Waals surface area contributed by atoms with Crippen LogP contribution in [0.4, 0.5) is 0 Å². The first-order valence-electron chi connectivity index (χ1n) is 6.81. The predicted molar refractivity (Wildman–Crippen MR) is 87.5 cm³/mol. The van der Waals surface area contributed by atoms with E-state index in [-0.39, 0.29) is 12.4 Å². The van der Waals surface area contributed by atoms with Gasteiger partial charge in [0.05, 0.1) is 5.04 Å². The minimum atomic E-state index is -0.960. The molecule has 0 amide bonds. The van der Waals surface area contributed by atoms with Gasteiger partial charge in [0.1, 0.15) is 5.60 Å². The van der Waals surface area contributed by atoms with E-state index in [1.807, 2.05) is 51.1 Å². The first kappa shape index (κ1) is 15.7. The standard InChI is InChI=1S/C17H19NO2S/c1-5-11-17(15(19)20-16(2,3)4)12-21-14(18-17)13-9-7-6-8-10-13/h1,6-10H,11-12H2,2-4H3/t17-/m0/s1. The zero-order valence-electron chi connectivity index (χ0n) is 12.6. The third-order valence-corrected chi connectivity index (χ3v) is 4.18. The van der Waals surface area contributed by atoms with E-state index >= 15 is 0 Å². The summed E-state index contributed by atoms with van der Waals surface area (Å²) in [7, 11) is 0. The van der Waals surface area contributed by atoms with E-state index in [1.54, 1.807) is 11.8 Å². The maximum Gasteiger partial charge on any atom is 0.336 e. The van der Waals surface area contributed by atoms with Crippen LogP contribution in [0, 0.1) is 12.3 Å². The van der Waals surface area contributed by atoms with Crippen molar-refractivity contribution in [2.24, 2.45) is 4.99 Å². The molecule has 0 saturated heterocycles. The number of thioether (sulfide) groups is 1. The molecule has 0 N–H and O–H groups in total. The quantitative estimate of drug-likeness (QED) is 0.635. The Morgan fingerprint density at radius 2 is 2.10 bits per heavy atom. The molecule has 1 aromatic rings. The second-order valence-corrected chi connectivity index (χ2v) is 6.95. The Kier molecular flexibility index (Phi) is 4.43. The van der Waals surface area contributed by atoms with E-state index in [2.05, 4.69) is 10.9 Å². The third kappa shape index (κ3) is 3.68. The van der Waals surface area contributed by atoms with Crippen LogP contribution < -0.4 is 0 Å². The highest BCUT2D eigenvalue weighted by atomic mass is 32.2. The fourth-order valence-electron chi connectivity index (χ4n) is 1.98. The van der Waals surface area contributed by atoms with Crippen LogP contribution in [0.15, 0.2) is 35.3 Å². The summed E-state index contributed by atoms with van der Waals surface area (Å²) in [5, 5.41) is 0.844. The van der Waals surface area contributed by atoms with Gasteiger partial charge in [-0.3, -0.25) is 4.99 Å². The lowest BCUT2D eigenvalue weighted by molar-refractivity contribution is -0.160. The lowest BCUT2D eigenvalue weighted by Gasteiger charge is -2.27. The first-order chi connectivity index (χ1) is 9.86. The Hall–Kier alpha value is -1.73. The van der Waals surface area contributed by atoms with E-state index in [0.717, 1.165) is 10.6 Å². The fraction of sp³-hybridized carbons (Fsp3) is 0.412. The van der Waals surface area contributed by atoms with Gasteiger partial charge in [0.15, 0.2) is 5.54 Å². The molecule has 0 saturated carbocycles. The number of nitrogens with zero attached hydrogens (tertiary/aromatic N) is 1. The average Bonchev–Trinajstić information content (AvgIpc) is 2.84. The van der Waals surface area contributed by atoms with Gasteiger partial charge >= 0.3 is 5.97 Å². The lowest BCUT2D eigenvalue weighted by Crippen LogP contribution is -2.42. The van der Waals surface area contributed by atoms with Crippen molar-refractivity contribution in [1.29, 1.82) is 0 Å². The van der Waals surface area contributed by atoms with Crippen LogP contribution in [-0.2, 0) is 9.53 Å². The van der Waals surface area contributed by atoms with E-state index in [9.17, 15) is 4.79 Å². The maximum atomic E-state index is 12.5. The monoisotopic (exact) mass is 301 g/mol. The van der Waals surface area contributed by atoms with Crippen molar-refractivity contribution in [2.75, 3.05) is 5.75 Å². The summed E-state index contributed by atoms with van der Waals surface area (Å²) < 4.78 is 5.51. The Bertz CT molecular complexity index is 595. The van der Waals surface area contributed by atoms with Gasteiger partial charge < -0.3 is 4.74 Å². The minimum Gasteiger partial charge on any atom is -0.458 e. The van der Waals surface area contributed by atoms with Crippen molar-refractivity contribution in [3.05, 3.63) is 35.9 Å². The van der Waals surface area contributed by atoms with Gasteiger partial charge in [-0.05, 0) is 20.8 Å². The number of hydrogen-bond donors (Lipinski definition) is 0. The number of carbonyl (C=O) groups is 1. The molecule has 3 nitrogen and oxygen atoms in total. The molecule has 0 bridgehead atoms. The molecule has 2 rings (SSSR count). The van der Waals surface area contributed by atoms with Crippen molar-refractivity contribution in [3.8, 4) is 12.3 Å². The van der Waals surface area contributed by atoms with Gasteiger partial charge in [-0.2, -0.15) is 0 Å². The molecule has 0 aromatic heterocycles. The SMILES string of the molecule is C#CC[C@@]1(C(=O)OC(C)(C)C)CSC(c2ccccc2)=N1. The summed E-state index contributed by atoms with van der Waals surface area (Å²) in [6, 6.07) is 9.81. The highest BCUT2D eigenvalue weighted by molar-refractivity contribution is 8.14. The number of esters is 1. The molecule has 1 atom stereocenters. The Morgan fingerprint density at radius 3 is 2.67 bits per heavy atom. The molecule has 110 valence electrons. The predicted octanol–water partition coefficient (Wildman–Crippen LogP) is 3.28. The zero-order valence-corrected chi connectivity index (χ0v) is 13.4. The van der Waals surface area contributed by atoms with Crippen LogP contribution in [0.5, 0.6) is 0 Å². The largest absolute Gasteiger partial charge is 0.458 e. The van der Waals surface area contributed by atoms with Gasteiger partial charge in [-0.25, -0.2) is 4.79 Å². The molecule has 0 unspecified atom stereocenters. The van der Waals surface area contributed by atoms with E-state index in [0.29, 0.717) is 5.75 Å². The molecule has 0 radical (unpaired) electrons. The number of ether oxygens (including phenoxy) is 1. The summed E-state index contributed by atoms with van der Waals surface area (Å²) in [6.07, 6.45) is 5.70. The van der Waals surface area contributed by atoms with E-state index < -0.39 is 11.1 Å². The van der Waals surface area contributed by atoms with Crippen molar-refractivity contribution in [1.82, 2.24) is 0 Å². The number of hydrogen-bond acceptors (Lipinski definition) is 4. The molecular formula is C17H19NO2S. The molecule has 1 heterocycles. The number of terminal acetylenes is 1. The summed E-state index contributed by atoms with van der Waals surface area (Å²) >= 11 is 1.55. The van der Waals surface area contributed by atoms with Gasteiger partial charge in [-0.1, -0.05) is 30.3 Å². The molecule has 0 aliphatic carbocycles. The molecule has 4 heteroatoms. The van der Waals surface area contributed by atoms with Crippen molar-refractivity contribution < 1.29 is 9.53 Å². The number of aliphatic imine (C=N–C) groups is 1.